The largest absolute Gasteiger partial charge is 0.497 e. The molecule has 1 aromatic heterocycles. The lowest BCUT2D eigenvalue weighted by Crippen LogP contribution is -2.64. The maximum absolute atomic E-state index is 16.2. The van der Waals surface area contributed by atoms with E-state index in [4.69, 9.17) is 14.2 Å². The Labute approximate surface area is 653 Å². The number of fused-ring (bicyclic) bond motifs is 16. The Bertz CT molecular complexity index is 4220. The van der Waals surface area contributed by atoms with E-state index < -0.39 is 131 Å². The lowest BCUT2D eigenvalue weighted by Gasteiger charge is -2.37. The van der Waals surface area contributed by atoms with Crippen molar-refractivity contribution in [1.82, 2.24) is 56.5 Å². The summed E-state index contributed by atoms with van der Waals surface area (Å²) in [4.78, 5) is 183. The highest BCUT2D eigenvalue weighted by Gasteiger charge is 2.50. The van der Waals surface area contributed by atoms with Crippen LogP contribution in [0.4, 0.5) is 4.39 Å². The van der Waals surface area contributed by atoms with Gasteiger partial charge in [-0.15, -0.1) is 0 Å². The molecule has 0 radical (unpaired) electrons. The van der Waals surface area contributed by atoms with Gasteiger partial charge in [-0.2, -0.15) is 0 Å². The number of aliphatic hydroxyl groups excluding tert-OH is 1. The first-order chi connectivity index (χ1) is 53.5. The molecule has 604 valence electrons. The first kappa shape index (κ1) is 84.5. The number of benzene rings is 4. The number of ketones is 2. The van der Waals surface area contributed by atoms with Crippen molar-refractivity contribution < 1.29 is 85.7 Å². The number of nitrogens with zero attached hydrogens (tertiary/aromatic N) is 5. The van der Waals surface area contributed by atoms with Crippen LogP contribution in [0.25, 0.3) is 10.9 Å². The minimum absolute atomic E-state index is 0.0205. The normalized spacial score (nSPS) is 25.0. The van der Waals surface area contributed by atoms with E-state index in [-0.39, 0.29) is 122 Å². The van der Waals surface area contributed by atoms with Crippen molar-refractivity contribution in [2.45, 2.75) is 204 Å². The highest BCUT2D eigenvalue weighted by atomic mass is 19.1. The van der Waals surface area contributed by atoms with Gasteiger partial charge in [-0.1, -0.05) is 80.4 Å². The first-order valence-corrected chi connectivity index (χ1v) is 39.3. The van der Waals surface area contributed by atoms with Crippen LogP contribution in [0.1, 0.15) is 138 Å². The van der Waals surface area contributed by atoms with Crippen LogP contribution in [0.2, 0.25) is 0 Å². The number of Topliss-reactive ketones (excluding diaryl/α,β-unsaturated/α-hetero) is 2. The summed E-state index contributed by atoms with van der Waals surface area (Å²) in [5, 5.41) is 31.9. The molecule has 4 aromatic carbocycles. The number of aryl methyl sites for hydroxylation is 1. The molecule has 11 rings (SSSR count). The minimum Gasteiger partial charge on any atom is -0.497 e. The number of rotatable bonds is 13. The SMILES string of the molecule is COc1ccc(C[C@@H]2NC(=O)[C@H]([C@@H](C)O)NC(=O)[C@@H]3[C@@H]4CCN3C(=O)[C@@H]3Cc5cn(c6ccc(F)cc56)CCCCCCN(Cc5ccc(cc5)CCNC(=O)[C@]5(C)CCCN5C2=O)C(=O)CCC(=O)C[C@@H](C)C(=O)N[C@H](CCC(=O)CCOCC[N+](C)(C)C)C(=O)N[C@@H](Cc2cccc(c2)CNC(=O)CO4)C(=O)N3)cc1. The van der Waals surface area contributed by atoms with E-state index in [1.54, 1.807) is 72.6 Å². The third kappa shape index (κ3) is 22.9. The van der Waals surface area contributed by atoms with Gasteiger partial charge in [-0.25, -0.2) is 4.39 Å². The molecule has 10 atom stereocenters. The number of carbonyl (C=O) groups excluding carboxylic acids is 12. The number of hydrogen-bond donors (Lipinski definition) is 8. The Kier molecular flexibility index (Phi) is 29.4. The number of likely N-dealkylation sites (N-methyl/N-ethyl adjacent to an activating group) is 1. The average Bonchev–Trinajstić information content (AvgIpc) is 1.63. The first-order valence-electron chi connectivity index (χ1n) is 39.3. The number of methoxy groups -OCH3 is 1. The number of amides is 10. The van der Waals surface area contributed by atoms with Crippen molar-refractivity contribution in [1.29, 1.82) is 0 Å². The summed E-state index contributed by atoms with van der Waals surface area (Å²) >= 11 is 0. The van der Waals surface area contributed by atoms with Crippen molar-refractivity contribution >= 4 is 81.5 Å². The number of hydrogen-bond acceptors (Lipinski definition) is 16. The molecule has 2 saturated heterocycles. The molecule has 0 aliphatic carbocycles. The van der Waals surface area contributed by atoms with Gasteiger partial charge in [0.25, 0.3) is 0 Å². The fraction of sp³-hybridized carbons (Fsp3) is 0.542. The zero-order valence-corrected chi connectivity index (χ0v) is 65.4. The number of nitrogens with one attached hydrogen (secondary N) is 7. The number of aromatic nitrogens is 1. The number of halogens is 1. The quantitative estimate of drug-likeness (QED) is 0.0615. The van der Waals surface area contributed by atoms with Crippen LogP contribution < -0.4 is 42.0 Å². The van der Waals surface area contributed by atoms with E-state index in [2.05, 4.69) is 37.2 Å². The standard InChI is InChI=1S/C83H109FN12O16/c1-52-42-62(99)24-29-72(101)93-36-11-9-8-10-35-92-50-59(64-47-60(84)22-28-69(64)92)46-68-80(107)94-38-31-70(112-51-71(100)86-48-58-15-12-14-57(43-58)45-66(77(104)89-68)88-76(103)65(87-75(52)102)27-23-61(98)32-40-111-41-39-96(4,5)6)74(94)79(106)91-73(53(2)97)78(105)90-67(44-55-20-25-63(110-7)26-21-55)81(108)95-37-13-33-83(95,3)82(109)85-34-30-54-16-18-56(49-93)19-17-54/h12,14-22,25-26,28,43,47,50,52-53,65-68,70,73-74,97H,8-11,13,23-24,27,29-42,44-46,48-49,51H2,1-7H3,(H6-,85,86,87,88,89,90,91,100,102,103,104,105,106,109)/p+1/t52-,53-,65-,66+,67+,68+,70+,73+,74+,83+/m1/s1. The third-order valence-electron chi connectivity index (χ3n) is 21.9. The summed E-state index contributed by atoms with van der Waals surface area (Å²) < 4.78 is 35.9. The van der Waals surface area contributed by atoms with E-state index in [0.29, 0.717) is 108 Å². The second-order valence-electron chi connectivity index (χ2n) is 31.7. The third-order valence-corrected chi connectivity index (χ3v) is 21.9. The maximum Gasteiger partial charge on any atom is 0.246 e. The molecule has 8 N–H and O–H groups in total. The zero-order valence-electron chi connectivity index (χ0n) is 65.4. The van der Waals surface area contributed by atoms with Gasteiger partial charge < -0.3 is 80.3 Å². The molecular formula is C83H110FN12O16+. The van der Waals surface area contributed by atoms with Crippen molar-refractivity contribution in [2.24, 2.45) is 5.92 Å². The molecule has 12 bridgehead atoms. The van der Waals surface area contributed by atoms with Crippen LogP contribution >= 0.6 is 0 Å². The fourth-order valence-corrected chi connectivity index (χ4v) is 15.3. The Morgan fingerprint density at radius 2 is 1.41 bits per heavy atom. The van der Waals surface area contributed by atoms with Gasteiger partial charge in [-0.05, 0) is 123 Å². The van der Waals surface area contributed by atoms with E-state index >= 15 is 33.2 Å². The smallest absolute Gasteiger partial charge is 0.246 e. The van der Waals surface area contributed by atoms with Gasteiger partial charge in [0.15, 0.2) is 0 Å². The Balaban J connectivity index is 1.08. The molecule has 112 heavy (non-hydrogen) atoms. The van der Waals surface area contributed by atoms with Crippen molar-refractivity contribution in [3.8, 4) is 5.75 Å². The lowest BCUT2D eigenvalue weighted by molar-refractivity contribution is -0.870. The maximum atomic E-state index is 16.2. The molecule has 6 aliphatic rings. The van der Waals surface area contributed by atoms with Crippen molar-refractivity contribution in [3.05, 3.63) is 136 Å². The summed E-state index contributed by atoms with van der Waals surface area (Å²) in [7, 11) is 7.51. The van der Waals surface area contributed by atoms with Gasteiger partial charge in [0, 0.05) is 120 Å². The van der Waals surface area contributed by atoms with Gasteiger partial charge in [-0.3, -0.25) is 57.5 Å². The van der Waals surface area contributed by atoms with Gasteiger partial charge >= 0.3 is 0 Å². The monoisotopic (exact) mass is 1550 g/mol. The lowest BCUT2D eigenvalue weighted by atomic mass is 9.95. The van der Waals surface area contributed by atoms with E-state index in [1.807, 2.05) is 50.0 Å². The molecule has 28 nitrogen and oxygen atoms in total. The molecule has 5 aromatic rings. The molecule has 0 unspecified atom stereocenters. The highest BCUT2D eigenvalue weighted by Crippen LogP contribution is 2.33. The van der Waals surface area contributed by atoms with Crippen molar-refractivity contribution in [2.75, 3.05) is 80.8 Å². The van der Waals surface area contributed by atoms with E-state index in [1.165, 1.54) is 38.0 Å². The minimum atomic E-state index is -1.85. The second-order valence-corrected chi connectivity index (χ2v) is 31.7. The van der Waals surface area contributed by atoms with Crippen LogP contribution in [0, 0.1) is 11.7 Å². The Morgan fingerprint density at radius 1 is 0.688 bits per heavy atom. The number of carbonyl (C=O) groups is 12. The number of aliphatic hydroxyl groups is 1. The molecule has 2 fully saturated rings. The van der Waals surface area contributed by atoms with E-state index in [0.717, 1.165) is 16.0 Å². The van der Waals surface area contributed by atoms with E-state index in [9.17, 15) is 33.9 Å². The predicted molar refractivity (Wildman–Crippen MR) is 412 cm³/mol. The average molecular weight is 1550 g/mol. The van der Waals surface area contributed by atoms with Crippen molar-refractivity contribution in [3.63, 3.8) is 0 Å². The van der Waals surface area contributed by atoms with Crippen LogP contribution in [-0.4, -0.2) is 234 Å². The fourth-order valence-electron chi connectivity index (χ4n) is 15.3. The second kappa shape index (κ2) is 39.0. The molecule has 6 aliphatic heterocycles. The zero-order chi connectivity index (χ0) is 80.4. The molecule has 29 heteroatoms. The Hall–Kier alpha value is -9.97. The summed E-state index contributed by atoms with van der Waals surface area (Å²) in [6.45, 7) is 5.83. The Morgan fingerprint density at radius 3 is 2.15 bits per heavy atom. The number of quaternary nitrogens is 1. The number of ether oxygens (including phenoxy) is 3. The predicted octanol–water partition coefficient (Wildman–Crippen LogP) is 3.73. The molecule has 0 saturated carbocycles. The molecule has 7 heterocycles. The summed E-state index contributed by atoms with van der Waals surface area (Å²) in [5.74, 6) is -9.38. The van der Waals surface area contributed by atoms with Gasteiger partial charge in [0.05, 0.1) is 53.7 Å². The topological polar surface area (TPSA) is 352 Å². The summed E-state index contributed by atoms with van der Waals surface area (Å²) in [6.07, 6.45) is 0.318. The molecular weight excluding hydrogens is 1440 g/mol. The van der Waals surface area contributed by atoms with Crippen LogP contribution in [0.15, 0.2) is 97.2 Å². The van der Waals surface area contributed by atoms with Gasteiger partial charge in [0.1, 0.15) is 78.1 Å². The van der Waals surface area contributed by atoms with Crippen LogP contribution in [-0.2, 0) is 112 Å². The summed E-state index contributed by atoms with van der Waals surface area (Å²) in [5.41, 5.74) is 2.82. The van der Waals surface area contributed by atoms with Gasteiger partial charge in [0.2, 0.25) is 59.1 Å². The van der Waals surface area contributed by atoms with Crippen LogP contribution in [0.5, 0.6) is 5.75 Å². The molecule has 0 spiro atoms. The summed E-state index contributed by atoms with van der Waals surface area (Å²) in [6, 6.07) is 15.6. The highest BCUT2D eigenvalue weighted by molar-refractivity contribution is 6.00. The molecule has 10 amide bonds. The van der Waals surface area contributed by atoms with Crippen LogP contribution in [0.3, 0.4) is 0 Å².